The molecule has 0 atom stereocenters. The first-order chi connectivity index (χ1) is 13.0. The molecule has 0 saturated carbocycles. The minimum Gasteiger partial charge on any atom is -0.355 e. The molecule has 1 N–H and O–H groups in total. The normalized spacial score (nSPS) is 15.2. The summed E-state index contributed by atoms with van der Waals surface area (Å²) in [4.78, 5) is 26.0. The number of hydrogen-bond donors (Lipinski definition) is 1. The van der Waals surface area contributed by atoms with Crippen LogP contribution in [0, 0.1) is 10.1 Å². The fourth-order valence-corrected chi connectivity index (χ4v) is 3.35. The third kappa shape index (κ3) is 4.80. The molecule has 27 heavy (non-hydrogen) atoms. The maximum atomic E-state index is 11.5. The van der Waals surface area contributed by atoms with Gasteiger partial charge in [-0.15, -0.1) is 0 Å². The van der Waals surface area contributed by atoms with Crippen molar-refractivity contribution in [3.63, 3.8) is 0 Å². The Labute approximate surface area is 158 Å². The summed E-state index contributed by atoms with van der Waals surface area (Å²) in [5.74, 6) is -0.163. The summed E-state index contributed by atoms with van der Waals surface area (Å²) in [6.07, 6.45) is 4.31. The van der Waals surface area contributed by atoms with Gasteiger partial charge >= 0.3 is 0 Å². The smallest absolute Gasteiger partial charge is 0.293 e. The zero-order valence-corrected chi connectivity index (χ0v) is 15.4. The van der Waals surface area contributed by atoms with Crippen LogP contribution in [-0.2, 0) is 0 Å². The lowest BCUT2D eigenvalue weighted by molar-refractivity contribution is -0.894. The Hall–Kier alpha value is -2.99. The Kier molecular flexibility index (Phi) is 5.98. The highest BCUT2D eigenvalue weighted by Crippen LogP contribution is 2.29. The molecule has 0 amide bonds. The number of piperazine rings is 1. The summed E-state index contributed by atoms with van der Waals surface area (Å²) in [5.41, 5.74) is 2.18. The van der Waals surface area contributed by atoms with Crippen LogP contribution in [0.4, 0.5) is 11.4 Å². The van der Waals surface area contributed by atoms with Crippen molar-refractivity contribution in [3.8, 4) is 0 Å². The van der Waals surface area contributed by atoms with Crippen LogP contribution >= 0.6 is 0 Å². The Morgan fingerprint density at radius 2 is 1.89 bits per heavy atom. The molecule has 2 aromatic carbocycles. The topological polar surface area (TPSA) is 67.9 Å². The average molecular weight is 366 g/mol. The highest BCUT2D eigenvalue weighted by Gasteiger charge is 2.25. The van der Waals surface area contributed by atoms with Crippen LogP contribution in [0.15, 0.2) is 54.6 Å². The number of ketones is 1. The molecular formula is C21H24N3O3+. The molecule has 0 aromatic heterocycles. The molecule has 0 spiro atoms. The van der Waals surface area contributed by atoms with Crippen LogP contribution in [0.3, 0.4) is 0 Å². The number of benzene rings is 2. The number of nitro groups is 1. The van der Waals surface area contributed by atoms with Gasteiger partial charge in [0.25, 0.3) is 5.69 Å². The second kappa shape index (κ2) is 8.60. The fourth-order valence-electron chi connectivity index (χ4n) is 3.35. The van der Waals surface area contributed by atoms with Crippen LogP contribution in [0.5, 0.6) is 0 Å². The molecule has 3 rings (SSSR count). The molecule has 2 aromatic rings. The summed E-state index contributed by atoms with van der Waals surface area (Å²) in [5, 5.41) is 11.4. The molecule has 1 aliphatic rings. The molecule has 0 unspecified atom stereocenters. The molecule has 140 valence electrons. The summed E-state index contributed by atoms with van der Waals surface area (Å²) in [6.45, 7) is 5.72. The number of nitrogens with one attached hydrogen (secondary N) is 1. The quantitative estimate of drug-likeness (QED) is 0.484. The number of hydrogen-bond acceptors (Lipinski definition) is 4. The van der Waals surface area contributed by atoms with Gasteiger partial charge in [-0.2, -0.15) is 0 Å². The van der Waals surface area contributed by atoms with Gasteiger partial charge in [-0.25, -0.2) is 0 Å². The van der Waals surface area contributed by atoms with Gasteiger partial charge < -0.3 is 9.80 Å². The number of carbonyl (C=O) groups is 1. The second-order valence-corrected chi connectivity index (χ2v) is 6.77. The first-order valence-electron chi connectivity index (χ1n) is 9.14. The summed E-state index contributed by atoms with van der Waals surface area (Å²) >= 11 is 0. The van der Waals surface area contributed by atoms with Gasteiger partial charge in [-0.3, -0.25) is 14.9 Å². The monoisotopic (exact) mass is 366 g/mol. The Bertz CT molecular complexity index is 841. The first kappa shape index (κ1) is 18.8. The molecule has 6 heteroatoms. The van der Waals surface area contributed by atoms with Crippen LogP contribution in [0.2, 0.25) is 0 Å². The molecule has 0 aliphatic carbocycles. The van der Waals surface area contributed by atoms with Crippen molar-refractivity contribution in [1.82, 2.24) is 0 Å². The van der Waals surface area contributed by atoms with Gasteiger partial charge in [0.05, 0.1) is 37.6 Å². The van der Waals surface area contributed by atoms with Crippen molar-refractivity contribution in [1.29, 1.82) is 0 Å². The van der Waals surface area contributed by atoms with E-state index in [9.17, 15) is 14.9 Å². The third-order valence-corrected chi connectivity index (χ3v) is 4.91. The van der Waals surface area contributed by atoms with E-state index in [1.165, 1.54) is 23.5 Å². The maximum absolute atomic E-state index is 11.5. The van der Waals surface area contributed by atoms with E-state index in [-0.39, 0.29) is 11.5 Å². The van der Waals surface area contributed by atoms with Gasteiger partial charge in [0, 0.05) is 11.6 Å². The van der Waals surface area contributed by atoms with Gasteiger partial charge in [0.1, 0.15) is 5.69 Å². The molecule has 1 saturated heterocycles. The lowest BCUT2D eigenvalue weighted by Gasteiger charge is -2.33. The van der Waals surface area contributed by atoms with Crippen LogP contribution in [0.1, 0.15) is 22.8 Å². The van der Waals surface area contributed by atoms with Crippen molar-refractivity contribution in [2.45, 2.75) is 6.92 Å². The molecule has 1 heterocycles. The lowest BCUT2D eigenvalue weighted by atomic mass is 10.1. The Morgan fingerprint density at radius 1 is 1.19 bits per heavy atom. The predicted octanol–water partition coefficient (Wildman–Crippen LogP) is 2.22. The van der Waals surface area contributed by atoms with E-state index >= 15 is 0 Å². The van der Waals surface area contributed by atoms with Crippen LogP contribution in [-0.4, -0.2) is 43.4 Å². The van der Waals surface area contributed by atoms with Crippen molar-refractivity contribution >= 4 is 23.2 Å². The zero-order valence-electron chi connectivity index (χ0n) is 15.4. The van der Waals surface area contributed by atoms with Gasteiger partial charge in [0.15, 0.2) is 5.78 Å². The molecule has 0 radical (unpaired) electrons. The fraction of sp³-hybridized carbons (Fsp3) is 0.286. The molecule has 6 nitrogen and oxygen atoms in total. The number of carbonyl (C=O) groups excluding carboxylic acids is 1. The summed E-state index contributed by atoms with van der Waals surface area (Å²) in [7, 11) is 0. The predicted molar refractivity (Wildman–Crippen MR) is 106 cm³/mol. The highest BCUT2D eigenvalue weighted by atomic mass is 16.6. The van der Waals surface area contributed by atoms with Crippen molar-refractivity contribution in [3.05, 3.63) is 75.8 Å². The van der Waals surface area contributed by atoms with E-state index in [0.717, 1.165) is 32.7 Å². The molecule has 1 aliphatic heterocycles. The third-order valence-electron chi connectivity index (χ3n) is 4.91. The highest BCUT2D eigenvalue weighted by molar-refractivity contribution is 5.95. The van der Waals surface area contributed by atoms with Gasteiger partial charge in [-0.1, -0.05) is 36.4 Å². The average Bonchev–Trinajstić information content (AvgIpc) is 2.69. The maximum Gasteiger partial charge on any atom is 0.293 e. The van der Waals surface area contributed by atoms with E-state index < -0.39 is 4.92 Å². The minimum atomic E-state index is -0.399. The van der Waals surface area contributed by atoms with E-state index in [1.54, 1.807) is 12.1 Å². The second-order valence-electron chi connectivity index (χ2n) is 6.77. The van der Waals surface area contributed by atoms with E-state index in [1.807, 2.05) is 23.1 Å². The Morgan fingerprint density at radius 3 is 2.52 bits per heavy atom. The van der Waals surface area contributed by atoms with Gasteiger partial charge in [-0.05, 0) is 30.7 Å². The largest absolute Gasteiger partial charge is 0.355 e. The van der Waals surface area contributed by atoms with Crippen molar-refractivity contribution < 1.29 is 14.6 Å². The number of rotatable bonds is 6. The van der Waals surface area contributed by atoms with Gasteiger partial charge in [0.2, 0.25) is 0 Å². The molecule has 0 bridgehead atoms. The summed E-state index contributed by atoms with van der Waals surface area (Å²) < 4.78 is 0. The summed E-state index contributed by atoms with van der Waals surface area (Å²) in [6, 6.07) is 15.0. The van der Waals surface area contributed by atoms with Crippen LogP contribution < -0.4 is 9.80 Å². The van der Waals surface area contributed by atoms with Crippen molar-refractivity contribution in [2.75, 3.05) is 37.6 Å². The number of anilines is 1. The molecule has 1 fully saturated rings. The van der Waals surface area contributed by atoms with Crippen LogP contribution in [0.25, 0.3) is 6.08 Å². The number of nitrogens with zero attached hydrogens (tertiary/aromatic N) is 2. The van der Waals surface area contributed by atoms with E-state index in [2.05, 4.69) is 24.3 Å². The van der Waals surface area contributed by atoms with E-state index in [4.69, 9.17) is 0 Å². The number of Topliss-reactive ketones (excluding diaryl/α,β-unsaturated/α-hetero) is 1. The minimum absolute atomic E-state index is 0.00937. The standard InChI is InChI=1S/C21H23N3O3/c1-17(25)19-9-10-20(21(16-19)24(26)27)23-14-12-22(13-15-23)11-5-8-18-6-3-2-4-7-18/h2-10,16H,11-15H2,1H3/p+1/b8-5+. The SMILES string of the molecule is CC(=O)c1ccc(N2CC[NH+](C/C=C/c3ccccc3)CC2)c([N+](=O)[O-])c1. The lowest BCUT2D eigenvalue weighted by Crippen LogP contribution is -3.14. The van der Waals surface area contributed by atoms with E-state index in [0.29, 0.717) is 11.3 Å². The molecular weight excluding hydrogens is 342 g/mol. The Balaban J connectivity index is 1.61. The number of quaternary nitrogens is 1. The zero-order chi connectivity index (χ0) is 19.2. The number of nitro benzene ring substituents is 1. The van der Waals surface area contributed by atoms with Crippen molar-refractivity contribution in [2.24, 2.45) is 0 Å². The first-order valence-corrected chi connectivity index (χ1v) is 9.14.